The van der Waals surface area contributed by atoms with Gasteiger partial charge < -0.3 is 9.47 Å². The van der Waals surface area contributed by atoms with Crippen molar-refractivity contribution in [2.75, 3.05) is 0 Å². The molecule has 0 aliphatic heterocycles. The number of esters is 1. The zero-order chi connectivity index (χ0) is 20.5. The molecule has 0 aliphatic rings. The van der Waals surface area contributed by atoms with E-state index in [1.165, 1.54) is 12.1 Å². The molecule has 1 heterocycles. The standard InChI is InChI=1S/C22H21ClFNO3/c1-13(21(26)28-22(2,3)4)27-15-6-8-18-16(9-10-25-20(18)12-15)17-7-5-14(24)11-19(17)23/h5-13H,1-4H3. The monoisotopic (exact) mass is 401 g/mol. The molecule has 0 spiro atoms. The van der Waals surface area contributed by atoms with Gasteiger partial charge in [0.15, 0.2) is 6.10 Å². The van der Waals surface area contributed by atoms with Crippen LogP contribution in [0.5, 0.6) is 5.75 Å². The Balaban J connectivity index is 1.90. The Kier molecular flexibility index (Phi) is 5.57. The topological polar surface area (TPSA) is 48.4 Å². The number of carbonyl (C=O) groups excluding carboxylic acids is 1. The minimum atomic E-state index is -0.758. The number of benzene rings is 2. The molecule has 0 bridgehead atoms. The Morgan fingerprint density at radius 1 is 1.11 bits per heavy atom. The Bertz CT molecular complexity index is 1030. The third-order valence-electron chi connectivity index (χ3n) is 3.99. The van der Waals surface area contributed by atoms with Crippen molar-refractivity contribution in [3.8, 4) is 16.9 Å². The highest BCUT2D eigenvalue weighted by molar-refractivity contribution is 6.33. The van der Waals surface area contributed by atoms with Crippen LogP contribution in [0.3, 0.4) is 0 Å². The third-order valence-corrected chi connectivity index (χ3v) is 4.30. The molecule has 4 nitrogen and oxygen atoms in total. The molecule has 2 aromatic carbocycles. The molecule has 6 heteroatoms. The summed E-state index contributed by atoms with van der Waals surface area (Å²) in [5, 5.41) is 1.17. The summed E-state index contributed by atoms with van der Waals surface area (Å²) in [7, 11) is 0. The van der Waals surface area contributed by atoms with Gasteiger partial charge in [-0.25, -0.2) is 9.18 Å². The van der Waals surface area contributed by atoms with Crippen molar-refractivity contribution in [3.63, 3.8) is 0 Å². The average Bonchev–Trinajstić information content (AvgIpc) is 2.60. The Labute approximate surface area is 168 Å². The van der Waals surface area contributed by atoms with E-state index in [2.05, 4.69) is 4.98 Å². The van der Waals surface area contributed by atoms with E-state index in [4.69, 9.17) is 21.1 Å². The minimum absolute atomic E-state index is 0.325. The van der Waals surface area contributed by atoms with Crippen LogP contribution in [0.1, 0.15) is 27.7 Å². The highest BCUT2D eigenvalue weighted by Crippen LogP contribution is 2.34. The van der Waals surface area contributed by atoms with Crippen molar-refractivity contribution in [2.45, 2.75) is 39.4 Å². The van der Waals surface area contributed by atoms with Gasteiger partial charge in [0.25, 0.3) is 0 Å². The van der Waals surface area contributed by atoms with Crippen LogP contribution in [0, 0.1) is 5.82 Å². The molecule has 0 saturated carbocycles. The molecule has 1 atom stereocenters. The number of hydrogen-bond donors (Lipinski definition) is 0. The van der Waals surface area contributed by atoms with E-state index in [0.29, 0.717) is 21.9 Å². The van der Waals surface area contributed by atoms with E-state index in [0.717, 1.165) is 10.9 Å². The molecular weight excluding hydrogens is 381 g/mol. The predicted octanol–water partition coefficient (Wildman–Crippen LogP) is 5.80. The lowest BCUT2D eigenvalue weighted by Crippen LogP contribution is -2.33. The fraction of sp³-hybridized carbons (Fsp3) is 0.273. The molecule has 1 aromatic heterocycles. The van der Waals surface area contributed by atoms with E-state index < -0.39 is 17.7 Å². The maximum absolute atomic E-state index is 13.4. The normalized spacial score (nSPS) is 12.6. The van der Waals surface area contributed by atoms with Crippen LogP contribution in [0.15, 0.2) is 48.7 Å². The second-order valence-corrected chi connectivity index (χ2v) is 7.86. The lowest BCUT2D eigenvalue weighted by atomic mass is 10.0. The van der Waals surface area contributed by atoms with Crippen molar-refractivity contribution >= 4 is 28.5 Å². The summed E-state index contributed by atoms with van der Waals surface area (Å²) in [4.78, 5) is 16.5. The van der Waals surface area contributed by atoms with Crippen molar-refractivity contribution in [1.29, 1.82) is 0 Å². The van der Waals surface area contributed by atoms with Gasteiger partial charge in [0, 0.05) is 23.2 Å². The van der Waals surface area contributed by atoms with Crippen molar-refractivity contribution in [2.24, 2.45) is 0 Å². The summed E-state index contributed by atoms with van der Waals surface area (Å²) in [5.74, 6) is -0.327. The minimum Gasteiger partial charge on any atom is -0.479 e. The van der Waals surface area contributed by atoms with Gasteiger partial charge in [-0.3, -0.25) is 4.98 Å². The zero-order valence-electron chi connectivity index (χ0n) is 16.1. The van der Waals surface area contributed by atoms with Gasteiger partial charge in [-0.2, -0.15) is 0 Å². The van der Waals surface area contributed by atoms with Gasteiger partial charge in [0.05, 0.1) is 10.5 Å². The van der Waals surface area contributed by atoms with Crippen LogP contribution in [-0.2, 0) is 9.53 Å². The van der Waals surface area contributed by atoms with Crippen LogP contribution < -0.4 is 4.74 Å². The molecule has 0 N–H and O–H groups in total. The van der Waals surface area contributed by atoms with Gasteiger partial charge >= 0.3 is 5.97 Å². The molecule has 1 unspecified atom stereocenters. The summed E-state index contributed by atoms with van der Waals surface area (Å²) in [6.45, 7) is 7.05. The first-order valence-electron chi connectivity index (χ1n) is 8.88. The van der Waals surface area contributed by atoms with Crippen LogP contribution in [0.2, 0.25) is 5.02 Å². The first-order valence-corrected chi connectivity index (χ1v) is 9.25. The van der Waals surface area contributed by atoms with Crippen molar-refractivity contribution < 1.29 is 18.7 Å². The Morgan fingerprint density at radius 3 is 2.54 bits per heavy atom. The largest absolute Gasteiger partial charge is 0.479 e. The van der Waals surface area contributed by atoms with E-state index in [-0.39, 0.29) is 5.82 Å². The van der Waals surface area contributed by atoms with Gasteiger partial charge in [-0.05, 0) is 69.7 Å². The van der Waals surface area contributed by atoms with Crippen molar-refractivity contribution in [3.05, 3.63) is 59.5 Å². The lowest BCUT2D eigenvalue weighted by Gasteiger charge is -2.22. The second-order valence-electron chi connectivity index (χ2n) is 7.46. The third kappa shape index (κ3) is 4.60. The first-order chi connectivity index (χ1) is 13.1. The van der Waals surface area contributed by atoms with Gasteiger partial charge in [0.2, 0.25) is 0 Å². The molecule has 0 amide bonds. The highest BCUT2D eigenvalue weighted by Gasteiger charge is 2.23. The van der Waals surface area contributed by atoms with E-state index in [9.17, 15) is 9.18 Å². The first kappa shape index (κ1) is 20.1. The maximum atomic E-state index is 13.4. The van der Waals surface area contributed by atoms with E-state index in [1.54, 1.807) is 52.1 Å². The van der Waals surface area contributed by atoms with Gasteiger partial charge in [-0.1, -0.05) is 11.6 Å². The number of ether oxygens (including phenoxy) is 2. The summed E-state index contributed by atoms with van der Waals surface area (Å²) in [5.41, 5.74) is 1.64. The van der Waals surface area contributed by atoms with Crippen LogP contribution in [0.25, 0.3) is 22.0 Å². The molecule has 146 valence electrons. The number of carbonyl (C=O) groups is 1. The number of aromatic nitrogens is 1. The van der Waals surface area contributed by atoms with E-state index >= 15 is 0 Å². The van der Waals surface area contributed by atoms with Crippen LogP contribution in [-0.4, -0.2) is 22.7 Å². The molecule has 3 aromatic rings. The fourth-order valence-corrected chi connectivity index (χ4v) is 3.05. The SMILES string of the molecule is CC(Oc1ccc2c(-c3ccc(F)cc3Cl)ccnc2c1)C(=O)OC(C)(C)C. The number of rotatable bonds is 4. The number of fused-ring (bicyclic) bond motifs is 1. The van der Waals surface area contributed by atoms with Crippen molar-refractivity contribution in [1.82, 2.24) is 4.98 Å². The molecule has 28 heavy (non-hydrogen) atoms. The summed E-state index contributed by atoms with van der Waals surface area (Å²) in [6, 6.07) is 11.5. The summed E-state index contributed by atoms with van der Waals surface area (Å²) in [6.07, 6.45) is 0.893. The summed E-state index contributed by atoms with van der Waals surface area (Å²) < 4.78 is 24.4. The number of pyridine rings is 1. The molecule has 0 saturated heterocycles. The average molecular weight is 402 g/mol. The number of hydrogen-bond acceptors (Lipinski definition) is 4. The summed E-state index contributed by atoms with van der Waals surface area (Å²) >= 11 is 6.22. The van der Waals surface area contributed by atoms with Gasteiger partial charge in [0.1, 0.15) is 17.2 Å². The molecular formula is C22H21ClFNO3. The Morgan fingerprint density at radius 2 is 1.86 bits per heavy atom. The smallest absolute Gasteiger partial charge is 0.347 e. The van der Waals surface area contributed by atoms with Gasteiger partial charge in [-0.15, -0.1) is 0 Å². The number of halogens is 2. The van der Waals surface area contributed by atoms with E-state index in [1.807, 2.05) is 12.1 Å². The molecule has 0 fully saturated rings. The highest BCUT2D eigenvalue weighted by atomic mass is 35.5. The zero-order valence-corrected chi connectivity index (χ0v) is 16.9. The predicted molar refractivity (Wildman–Crippen MR) is 108 cm³/mol. The van der Waals surface area contributed by atoms with Crippen LogP contribution in [0.4, 0.5) is 4.39 Å². The van der Waals surface area contributed by atoms with Crippen LogP contribution >= 0.6 is 11.6 Å². The molecule has 0 aliphatic carbocycles. The quantitative estimate of drug-likeness (QED) is 0.518. The maximum Gasteiger partial charge on any atom is 0.347 e. The molecule has 3 rings (SSSR count). The fourth-order valence-electron chi connectivity index (χ4n) is 2.78. The Hall–Kier alpha value is -2.66. The molecule has 0 radical (unpaired) electrons. The second kappa shape index (κ2) is 7.76. The number of nitrogens with zero attached hydrogens (tertiary/aromatic N) is 1. The lowest BCUT2D eigenvalue weighted by molar-refractivity contribution is -0.162.